The SMILES string of the molecule is O=C(CN1CCOCC1CO)N1CCCC2CCCCC21. The van der Waals surface area contributed by atoms with Crippen molar-refractivity contribution in [2.45, 2.75) is 50.6 Å². The molecule has 120 valence electrons. The van der Waals surface area contributed by atoms with Crippen LogP contribution in [-0.4, -0.2) is 72.4 Å². The van der Waals surface area contributed by atoms with E-state index in [4.69, 9.17) is 4.74 Å². The number of carbonyl (C=O) groups is 1. The predicted molar refractivity (Wildman–Crippen MR) is 80.0 cm³/mol. The molecule has 21 heavy (non-hydrogen) atoms. The van der Waals surface area contributed by atoms with Gasteiger partial charge in [0.15, 0.2) is 0 Å². The van der Waals surface area contributed by atoms with E-state index in [0.717, 1.165) is 25.4 Å². The first kappa shape index (κ1) is 15.3. The van der Waals surface area contributed by atoms with Gasteiger partial charge in [-0.2, -0.15) is 0 Å². The highest BCUT2D eigenvalue weighted by Crippen LogP contribution is 2.35. The Balaban J connectivity index is 1.60. The van der Waals surface area contributed by atoms with Crippen LogP contribution in [0.3, 0.4) is 0 Å². The van der Waals surface area contributed by atoms with E-state index in [0.29, 0.717) is 25.8 Å². The smallest absolute Gasteiger partial charge is 0.237 e. The highest BCUT2D eigenvalue weighted by Gasteiger charge is 2.36. The third-order valence-electron chi connectivity index (χ3n) is 5.46. The van der Waals surface area contributed by atoms with Crippen LogP contribution in [0.25, 0.3) is 0 Å². The molecule has 0 aromatic heterocycles. The molecule has 0 bridgehead atoms. The Kier molecular flexibility index (Phi) is 5.14. The van der Waals surface area contributed by atoms with E-state index in [1.807, 2.05) is 0 Å². The lowest BCUT2D eigenvalue weighted by Gasteiger charge is -2.45. The average Bonchev–Trinajstić information content (AvgIpc) is 2.54. The van der Waals surface area contributed by atoms with Gasteiger partial charge in [0, 0.05) is 19.1 Å². The molecule has 0 spiro atoms. The molecule has 2 aliphatic heterocycles. The number of morpholine rings is 1. The number of carbonyl (C=O) groups excluding carboxylic acids is 1. The van der Waals surface area contributed by atoms with Gasteiger partial charge in [-0.05, 0) is 31.6 Å². The van der Waals surface area contributed by atoms with Gasteiger partial charge in [0.25, 0.3) is 0 Å². The minimum Gasteiger partial charge on any atom is -0.395 e. The fraction of sp³-hybridized carbons (Fsp3) is 0.938. The first-order chi connectivity index (χ1) is 10.3. The summed E-state index contributed by atoms with van der Waals surface area (Å²) in [6.45, 7) is 3.38. The van der Waals surface area contributed by atoms with Crippen LogP contribution in [0.5, 0.6) is 0 Å². The maximum atomic E-state index is 12.7. The monoisotopic (exact) mass is 296 g/mol. The van der Waals surface area contributed by atoms with Crippen molar-refractivity contribution in [3.63, 3.8) is 0 Å². The number of likely N-dealkylation sites (tertiary alicyclic amines) is 1. The second-order valence-corrected chi connectivity index (χ2v) is 6.72. The van der Waals surface area contributed by atoms with Gasteiger partial charge in [0.2, 0.25) is 5.91 Å². The number of aliphatic hydroxyl groups is 1. The van der Waals surface area contributed by atoms with E-state index >= 15 is 0 Å². The average molecular weight is 296 g/mol. The summed E-state index contributed by atoms with van der Waals surface area (Å²) in [4.78, 5) is 17.0. The van der Waals surface area contributed by atoms with E-state index in [-0.39, 0.29) is 18.6 Å². The van der Waals surface area contributed by atoms with Crippen molar-refractivity contribution in [2.24, 2.45) is 5.92 Å². The Morgan fingerprint density at radius 2 is 1.95 bits per heavy atom. The minimum absolute atomic E-state index is 0.0188. The Hall–Kier alpha value is -0.650. The topological polar surface area (TPSA) is 53.0 Å². The van der Waals surface area contributed by atoms with E-state index in [2.05, 4.69) is 9.80 Å². The summed E-state index contributed by atoms with van der Waals surface area (Å²) < 4.78 is 5.39. The normalized spacial score (nSPS) is 34.5. The van der Waals surface area contributed by atoms with Crippen LogP contribution < -0.4 is 0 Å². The Bertz CT molecular complexity index is 361. The van der Waals surface area contributed by atoms with Gasteiger partial charge in [-0.15, -0.1) is 0 Å². The van der Waals surface area contributed by atoms with Crippen LogP contribution in [0.4, 0.5) is 0 Å². The maximum Gasteiger partial charge on any atom is 0.237 e. The van der Waals surface area contributed by atoms with Crippen molar-refractivity contribution >= 4 is 5.91 Å². The van der Waals surface area contributed by atoms with Gasteiger partial charge in [-0.3, -0.25) is 9.69 Å². The van der Waals surface area contributed by atoms with Crippen LogP contribution >= 0.6 is 0 Å². The van der Waals surface area contributed by atoms with Gasteiger partial charge < -0.3 is 14.7 Å². The lowest BCUT2D eigenvalue weighted by molar-refractivity contribution is -0.141. The quantitative estimate of drug-likeness (QED) is 0.839. The Morgan fingerprint density at radius 1 is 1.14 bits per heavy atom. The lowest BCUT2D eigenvalue weighted by atomic mass is 9.78. The second-order valence-electron chi connectivity index (χ2n) is 6.72. The maximum absolute atomic E-state index is 12.7. The zero-order valence-corrected chi connectivity index (χ0v) is 12.9. The minimum atomic E-state index is -0.0188. The number of piperidine rings is 1. The molecule has 3 fully saturated rings. The largest absolute Gasteiger partial charge is 0.395 e. The molecule has 2 heterocycles. The van der Waals surface area contributed by atoms with Crippen molar-refractivity contribution in [1.82, 2.24) is 9.80 Å². The summed E-state index contributed by atoms with van der Waals surface area (Å²) in [5.74, 6) is 0.988. The molecule has 0 aromatic carbocycles. The van der Waals surface area contributed by atoms with Gasteiger partial charge in [-0.1, -0.05) is 12.8 Å². The third kappa shape index (κ3) is 3.41. The van der Waals surface area contributed by atoms with Crippen molar-refractivity contribution in [1.29, 1.82) is 0 Å². The number of ether oxygens (including phenoxy) is 1. The molecule has 5 nitrogen and oxygen atoms in total. The molecule has 2 saturated heterocycles. The standard InChI is InChI=1S/C16H28N2O3/c19-11-14-12-21-9-8-17(14)10-16(20)18-7-3-5-13-4-1-2-6-15(13)18/h13-15,19H,1-12H2. The van der Waals surface area contributed by atoms with Crippen molar-refractivity contribution < 1.29 is 14.6 Å². The van der Waals surface area contributed by atoms with Crippen LogP contribution in [0, 0.1) is 5.92 Å². The van der Waals surface area contributed by atoms with Crippen LogP contribution in [0.2, 0.25) is 0 Å². The van der Waals surface area contributed by atoms with E-state index in [9.17, 15) is 9.90 Å². The van der Waals surface area contributed by atoms with E-state index in [1.165, 1.54) is 32.1 Å². The molecule has 0 radical (unpaired) electrons. The number of rotatable bonds is 3. The molecule has 3 rings (SSSR count). The van der Waals surface area contributed by atoms with Gasteiger partial charge in [-0.25, -0.2) is 0 Å². The number of nitrogens with zero attached hydrogens (tertiary/aromatic N) is 2. The summed E-state index contributed by atoms with van der Waals surface area (Å²) in [7, 11) is 0. The second kappa shape index (κ2) is 7.07. The van der Waals surface area contributed by atoms with Crippen molar-refractivity contribution in [3.8, 4) is 0 Å². The zero-order valence-electron chi connectivity index (χ0n) is 12.9. The Morgan fingerprint density at radius 3 is 2.81 bits per heavy atom. The molecule has 1 aliphatic carbocycles. The van der Waals surface area contributed by atoms with E-state index in [1.54, 1.807) is 0 Å². The summed E-state index contributed by atoms with van der Waals surface area (Å²) in [6.07, 6.45) is 7.53. The van der Waals surface area contributed by atoms with Crippen LogP contribution in [0.1, 0.15) is 38.5 Å². The van der Waals surface area contributed by atoms with Crippen molar-refractivity contribution in [3.05, 3.63) is 0 Å². The fourth-order valence-corrected chi connectivity index (χ4v) is 4.26. The van der Waals surface area contributed by atoms with E-state index < -0.39 is 0 Å². The molecule has 1 saturated carbocycles. The van der Waals surface area contributed by atoms with Crippen molar-refractivity contribution in [2.75, 3.05) is 39.5 Å². The van der Waals surface area contributed by atoms with Gasteiger partial charge in [0.1, 0.15) is 0 Å². The molecule has 1 N–H and O–H groups in total. The predicted octanol–water partition coefficient (Wildman–Crippen LogP) is 0.861. The molecule has 3 atom stereocenters. The number of amides is 1. The summed E-state index contributed by atoms with van der Waals surface area (Å²) >= 11 is 0. The summed E-state index contributed by atoms with van der Waals surface area (Å²) in [6, 6.07) is 0.461. The molecule has 1 amide bonds. The zero-order chi connectivity index (χ0) is 14.7. The van der Waals surface area contributed by atoms with Gasteiger partial charge in [0.05, 0.1) is 32.4 Å². The molecule has 5 heteroatoms. The molecule has 3 aliphatic rings. The number of aliphatic hydroxyl groups excluding tert-OH is 1. The molecule has 0 aromatic rings. The lowest BCUT2D eigenvalue weighted by Crippen LogP contribution is -2.56. The molecule has 3 unspecified atom stereocenters. The fourth-order valence-electron chi connectivity index (χ4n) is 4.26. The number of hydrogen-bond acceptors (Lipinski definition) is 4. The summed E-state index contributed by atoms with van der Waals surface area (Å²) in [5.41, 5.74) is 0. The summed E-state index contributed by atoms with van der Waals surface area (Å²) in [5, 5.41) is 9.43. The highest BCUT2D eigenvalue weighted by molar-refractivity contribution is 5.78. The first-order valence-corrected chi connectivity index (χ1v) is 8.51. The molecular weight excluding hydrogens is 268 g/mol. The highest BCUT2D eigenvalue weighted by atomic mass is 16.5. The molecular formula is C16H28N2O3. The number of hydrogen-bond donors (Lipinski definition) is 1. The Labute approximate surface area is 127 Å². The number of fused-ring (bicyclic) bond motifs is 1. The van der Waals surface area contributed by atoms with Crippen LogP contribution in [-0.2, 0) is 9.53 Å². The van der Waals surface area contributed by atoms with Crippen LogP contribution in [0.15, 0.2) is 0 Å². The first-order valence-electron chi connectivity index (χ1n) is 8.51. The third-order valence-corrected chi connectivity index (χ3v) is 5.46. The van der Waals surface area contributed by atoms with Gasteiger partial charge >= 0.3 is 0 Å².